The van der Waals surface area contributed by atoms with Crippen LogP contribution in [-0.2, 0) is 9.53 Å². The van der Waals surface area contributed by atoms with Crippen molar-refractivity contribution < 1.29 is 14.3 Å². The van der Waals surface area contributed by atoms with E-state index in [2.05, 4.69) is 4.90 Å². The Morgan fingerprint density at radius 3 is 2.70 bits per heavy atom. The third kappa shape index (κ3) is 3.46. The lowest BCUT2D eigenvalue weighted by molar-refractivity contribution is -0.149. The summed E-state index contributed by atoms with van der Waals surface area (Å²) in [7, 11) is 0. The van der Waals surface area contributed by atoms with Gasteiger partial charge in [-0.05, 0) is 51.2 Å². The third-order valence-electron chi connectivity index (χ3n) is 3.84. The molecule has 1 atom stereocenters. The molecule has 0 aliphatic carbocycles. The normalized spacial score (nSPS) is 18.7. The average molecular weight is 295 g/mol. The van der Waals surface area contributed by atoms with Crippen LogP contribution in [0.3, 0.4) is 0 Å². The number of carbonyl (C=O) groups excluding carboxylic acids is 2. The Kier molecular flexibility index (Phi) is 5.31. The standard InChI is InChI=1S/C15H21NO3S/c1-3-19-15(18)12-6-8-16(9-7-12)11(2)14(17)13-5-4-10-20-13/h4-5,10-12H,3,6-9H2,1-2H3/t11-/m0/s1. The molecule has 0 saturated carbocycles. The van der Waals surface area contributed by atoms with Crippen molar-refractivity contribution in [1.82, 2.24) is 4.90 Å². The first-order valence-corrected chi connectivity index (χ1v) is 7.99. The van der Waals surface area contributed by atoms with Crippen molar-refractivity contribution in [3.63, 3.8) is 0 Å². The van der Waals surface area contributed by atoms with Gasteiger partial charge < -0.3 is 4.74 Å². The van der Waals surface area contributed by atoms with Crippen LogP contribution in [0.4, 0.5) is 0 Å². The lowest BCUT2D eigenvalue weighted by Crippen LogP contribution is -2.45. The zero-order valence-corrected chi connectivity index (χ0v) is 12.8. The fourth-order valence-corrected chi connectivity index (χ4v) is 3.32. The summed E-state index contributed by atoms with van der Waals surface area (Å²) in [6.45, 7) is 5.78. The van der Waals surface area contributed by atoms with Crippen molar-refractivity contribution in [2.24, 2.45) is 5.92 Å². The molecule has 0 bridgehead atoms. The minimum atomic E-state index is -0.114. The minimum absolute atomic E-state index is 0.00441. The fourth-order valence-electron chi connectivity index (χ4n) is 2.57. The van der Waals surface area contributed by atoms with Gasteiger partial charge in [0.1, 0.15) is 0 Å². The van der Waals surface area contributed by atoms with Crippen LogP contribution in [0, 0.1) is 5.92 Å². The molecule has 0 amide bonds. The van der Waals surface area contributed by atoms with E-state index in [1.807, 2.05) is 31.4 Å². The van der Waals surface area contributed by atoms with Crippen molar-refractivity contribution in [2.75, 3.05) is 19.7 Å². The molecular weight excluding hydrogens is 274 g/mol. The van der Waals surface area contributed by atoms with Gasteiger partial charge in [-0.15, -0.1) is 11.3 Å². The summed E-state index contributed by atoms with van der Waals surface area (Å²) in [6, 6.07) is 3.66. The SMILES string of the molecule is CCOC(=O)C1CCN([C@@H](C)C(=O)c2cccs2)CC1. The molecule has 1 fully saturated rings. The van der Waals surface area contributed by atoms with Crippen molar-refractivity contribution in [2.45, 2.75) is 32.7 Å². The number of ketones is 1. The predicted molar refractivity (Wildman–Crippen MR) is 79.0 cm³/mol. The number of likely N-dealkylation sites (tertiary alicyclic amines) is 1. The Labute approximate surface area is 123 Å². The summed E-state index contributed by atoms with van der Waals surface area (Å²) < 4.78 is 5.06. The highest BCUT2D eigenvalue weighted by Crippen LogP contribution is 2.22. The second-order valence-corrected chi connectivity index (χ2v) is 6.03. The maximum Gasteiger partial charge on any atom is 0.309 e. The molecule has 1 saturated heterocycles. The number of ether oxygens (including phenoxy) is 1. The number of carbonyl (C=O) groups is 2. The second-order valence-electron chi connectivity index (χ2n) is 5.08. The molecule has 0 spiro atoms. The van der Waals surface area contributed by atoms with Gasteiger partial charge >= 0.3 is 5.97 Å². The molecule has 0 unspecified atom stereocenters. The first-order chi connectivity index (χ1) is 9.63. The van der Waals surface area contributed by atoms with Crippen LogP contribution in [0.2, 0.25) is 0 Å². The fraction of sp³-hybridized carbons (Fsp3) is 0.600. The first kappa shape index (κ1) is 15.2. The third-order valence-corrected chi connectivity index (χ3v) is 4.73. The summed E-state index contributed by atoms with van der Waals surface area (Å²) in [6.07, 6.45) is 1.56. The molecule has 2 rings (SSSR count). The maximum atomic E-state index is 12.3. The zero-order valence-electron chi connectivity index (χ0n) is 12.0. The Morgan fingerprint density at radius 1 is 1.45 bits per heavy atom. The Balaban J connectivity index is 1.87. The summed E-state index contributed by atoms with van der Waals surface area (Å²) in [5, 5.41) is 1.92. The number of piperidine rings is 1. The Hall–Kier alpha value is -1.20. The molecule has 0 radical (unpaired) electrons. The molecule has 5 heteroatoms. The van der Waals surface area contributed by atoms with Crippen LogP contribution in [-0.4, -0.2) is 42.4 Å². The molecule has 1 aliphatic heterocycles. The van der Waals surface area contributed by atoms with Crippen LogP contribution in [0.25, 0.3) is 0 Å². The maximum absolute atomic E-state index is 12.3. The Bertz CT molecular complexity index is 450. The highest BCUT2D eigenvalue weighted by Gasteiger charge is 2.30. The van der Waals surface area contributed by atoms with Crippen molar-refractivity contribution >= 4 is 23.1 Å². The summed E-state index contributed by atoms with van der Waals surface area (Å²) in [5.41, 5.74) is 0. The van der Waals surface area contributed by atoms with Crippen LogP contribution in [0.5, 0.6) is 0 Å². The molecule has 2 heterocycles. The van der Waals surface area contributed by atoms with Gasteiger partial charge in [-0.25, -0.2) is 0 Å². The summed E-state index contributed by atoms with van der Waals surface area (Å²) in [5.74, 6) is 0.0780. The van der Waals surface area contributed by atoms with E-state index in [-0.39, 0.29) is 23.7 Å². The topological polar surface area (TPSA) is 46.6 Å². The number of hydrogen-bond acceptors (Lipinski definition) is 5. The highest BCUT2D eigenvalue weighted by molar-refractivity contribution is 7.12. The first-order valence-electron chi connectivity index (χ1n) is 7.12. The minimum Gasteiger partial charge on any atom is -0.466 e. The highest BCUT2D eigenvalue weighted by atomic mass is 32.1. The molecular formula is C15H21NO3S. The van der Waals surface area contributed by atoms with Crippen molar-refractivity contribution in [1.29, 1.82) is 0 Å². The monoisotopic (exact) mass is 295 g/mol. The second kappa shape index (κ2) is 6.99. The number of esters is 1. The largest absolute Gasteiger partial charge is 0.466 e. The molecule has 1 aromatic heterocycles. The van der Waals surface area contributed by atoms with E-state index in [0.29, 0.717) is 6.61 Å². The molecule has 0 N–H and O–H groups in total. The van der Waals surface area contributed by atoms with Crippen LogP contribution < -0.4 is 0 Å². The van der Waals surface area contributed by atoms with Crippen LogP contribution in [0.15, 0.2) is 17.5 Å². The van der Waals surface area contributed by atoms with Gasteiger partial charge in [0.2, 0.25) is 0 Å². The number of rotatable bonds is 5. The van der Waals surface area contributed by atoms with E-state index < -0.39 is 0 Å². The summed E-state index contributed by atoms with van der Waals surface area (Å²) in [4.78, 5) is 27.0. The zero-order chi connectivity index (χ0) is 14.5. The molecule has 0 aromatic carbocycles. The van der Waals surface area contributed by atoms with Crippen LogP contribution in [0.1, 0.15) is 36.4 Å². The van der Waals surface area contributed by atoms with E-state index in [9.17, 15) is 9.59 Å². The van der Waals surface area contributed by atoms with Gasteiger partial charge in [0.15, 0.2) is 5.78 Å². The number of thiophene rings is 1. The lowest BCUT2D eigenvalue weighted by atomic mass is 9.95. The van der Waals surface area contributed by atoms with Crippen molar-refractivity contribution in [3.05, 3.63) is 22.4 Å². The molecule has 4 nitrogen and oxygen atoms in total. The number of Topliss-reactive ketones (excluding diaryl/α,β-unsaturated/α-hetero) is 1. The molecule has 1 aromatic rings. The van der Waals surface area contributed by atoms with E-state index >= 15 is 0 Å². The van der Waals surface area contributed by atoms with Gasteiger partial charge in [0.25, 0.3) is 0 Å². The van der Waals surface area contributed by atoms with E-state index in [4.69, 9.17) is 4.74 Å². The van der Waals surface area contributed by atoms with Gasteiger partial charge in [-0.2, -0.15) is 0 Å². The summed E-state index contributed by atoms with van der Waals surface area (Å²) >= 11 is 1.49. The lowest BCUT2D eigenvalue weighted by Gasteiger charge is -2.34. The smallest absolute Gasteiger partial charge is 0.309 e. The molecule has 20 heavy (non-hydrogen) atoms. The van der Waals surface area contributed by atoms with Gasteiger partial charge in [0, 0.05) is 0 Å². The van der Waals surface area contributed by atoms with Crippen molar-refractivity contribution in [3.8, 4) is 0 Å². The molecule has 1 aliphatic rings. The van der Waals surface area contributed by atoms with Gasteiger partial charge in [-0.3, -0.25) is 14.5 Å². The predicted octanol–water partition coefficient (Wildman–Crippen LogP) is 2.59. The van der Waals surface area contributed by atoms with E-state index in [1.165, 1.54) is 11.3 Å². The van der Waals surface area contributed by atoms with E-state index in [0.717, 1.165) is 30.8 Å². The van der Waals surface area contributed by atoms with Crippen LogP contribution >= 0.6 is 11.3 Å². The average Bonchev–Trinajstić information content (AvgIpc) is 3.00. The Morgan fingerprint density at radius 2 is 2.15 bits per heavy atom. The van der Waals surface area contributed by atoms with Gasteiger partial charge in [-0.1, -0.05) is 6.07 Å². The quantitative estimate of drug-likeness (QED) is 0.619. The number of nitrogens with zero attached hydrogens (tertiary/aromatic N) is 1. The van der Waals surface area contributed by atoms with Gasteiger partial charge in [0.05, 0.1) is 23.4 Å². The molecule has 110 valence electrons. The van der Waals surface area contributed by atoms with E-state index in [1.54, 1.807) is 0 Å². The number of hydrogen-bond donors (Lipinski definition) is 0.